The minimum atomic E-state index is -0.121. The third kappa shape index (κ3) is 1.57. The molecule has 1 fully saturated rings. The lowest BCUT2D eigenvalue weighted by atomic mass is 10.5. The third-order valence-corrected chi connectivity index (χ3v) is 1.55. The number of methoxy groups -OCH3 is 1. The summed E-state index contributed by atoms with van der Waals surface area (Å²) in [7, 11) is 1.64. The third-order valence-electron chi connectivity index (χ3n) is 1.55. The zero-order valence-corrected chi connectivity index (χ0v) is 5.96. The Morgan fingerprint density at radius 3 is 3.00 bits per heavy atom. The van der Waals surface area contributed by atoms with Crippen molar-refractivity contribution in [3.05, 3.63) is 12.7 Å². The Kier molecular flexibility index (Phi) is 2.06. The van der Waals surface area contributed by atoms with E-state index in [9.17, 15) is 4.79 Å². The molecule has 1 aliphatic carbocycles. The van der Waals surface area contributed by atoms with E-state index in [1.807, 2.05) is 0 Å². The highest BCUT2D eigenvalue weighted by Gasteiger charge is 2.37. The van der Waals surface area contributed by atoms with Crippen LogP contribution in [0, 0.1) is 0 Å². The van der Waals surface area contributed by atoms with E-state index in [0.29, 0.717) is 0 Å². The fourth-order valence-corrected chi connectivity index (χ4v) is 0.826. The maximum Gasteiger partial charge on any atom is 0.243 e. The van der Waals surface area contributed by atoms with Gasteiger partial charge in [0, 0.05) is 7.11 Å². The molecule has 2 atom stereocenters. The number of carbonyl (C=O) groups excluding carboxylic acids is 1. The zero-order chi connectivity index (χ0) is 7.56. The molecule has 3 heteroatoms. The average molecular weight is 141 g/mol. The summed E-state index contributed by atoms with van der Waals surface area (Å²) in [4.78, 5) is 10.6. The molecule has 1 N–H and O–H groups in total. The van der Waals surface area contributed by atoms with Gasteiger partial charge >= 0.3 is 0 Å². The Balaban J connectivity index is 2.17. The monoisotopic (exact) mass is 141 g/mol. The fourth-order valence-electron chi connectivity index (χ4n) is 0.826. The van der Waals surface area contributed by atoms with Gasteiger partial charge in [0.2, 0.25) is 5.91 Å². The number of amides is 1. The maximum atomic E-state index is 10.6. The first-order valence-electron chi connectivity index (χ1n) is 3.23. The predicted molar refractivity (Wildman–Crippen MR) is 37.5 cm³/mol. The Hall–Kier alpha value is -0.830. The van der Waals surface area contributed by atoms with Crippen molar-refractivity contribution < 1.29 is 9.53 Å². The van der Waals surface area contributed by atoms with Crippen molar-refractivity contribution in [1.29, 1.82) is 0 Å². The average Bonchev–Trinajstić information content (AvgIpc) is 2.67. The first kappa shape index (κ1) is 7.28. The number of carbonyl (C=O) groups is 1. The van der Waals surface area contributed by atoms with E-state index in [-0.39, 0.29) is 18.1 Å². The Morgan fingerprint density at radius 2 is 2.60 bits per heavy atom. The molecule has 0 bridgehead atoms. The normalized spacial score (nSPS) is 29.3. The molecule has 56 valence electrons. The summed E-state index contributed by atoms with van der Waals surface area (Å²) in [6.45, 7) is 3.34. The molecule has 0 spiro atoms. The lowest BCUT2D eigenvalue weighted by Crippen LogP contribution is -2.25. The molecule has 0 aromatic carbocycles. The van der Waals surface area contributed by atoms with Crippen LogP contribution in [0.5, 0.6) is 0 Å². The van der Waals surface area contributed by atoms with Crippen LogP contribution in [-0.4, -0.2) is 25.2 Å². The molecule has 10 heavy (non-hydrogen) atoms. The van der Waals surface area contributed by atoms with E-state index >= 15 is 0 Å². The minimum Gasteiger partial charge on any atom is -0.379 e. The first-order valence-corrected chi connectivity index (χ1v) is 3.23. The van der Waals surface area contributed by atoms with Crippen molar-refractivity contribution in [1.82, 2.24) is 5.32 Å². The van der Waals surface area contributed by atoms with E-state index < -0.39 is 0 Å². The standard InChI is InChI=1S/C7H11NO2/c1-3-7(9)8-5-4-6(5)10-2/h3,5-6H,1,4H2,2H3,(H,8,9). The van der Waals surface area contributed by atoms with Crippen LogP contribution in [0.3, 0.4) is 0 Å². The second kappa shape index (κ2) is 2.84. The first-order chi connectivity index (χ1) is 4.77. The van der Waals surface area contributed by atoms with Gasteiger partial charge in [-0.05, 0) is 12.5 Å². The minimum absolute atomic E-state index is 0.121. The Morgan fingerprint density at radius 1 is 1.90 bits per heavy atom. The van der Waals surface area contributed by atoms with Crippen molar-refractivity contribution in [2.24, 2.45) is 0 Å². The molecule has 0 aliphatic heterocycles. The van der Waals surface area contributed by atoms with Crippen molar-refractivity contribution >= 4 is 5.91 Å². The van der Waals surface area contributed by atoms with Crippen LogP contribution in [0.4, 0.5) is 0 Å². The topological polar surface area (TPSA) is 38.3 Å². The summed E-state index contributed by atoms with van der Waals surface area (Å²) in [6.07, 6.45) is 2.42. The van der Waals surface area contributed by atoms with E-state index in [4.69, 9.17) is 4.74 Å². The number of rotatable bonds is 3. The van der Waals surface area contributed by atoms with Crippen LogP contribution in [0.1, 0.15) is 6.42 Å². The van der Waals surface area contributed by atoms with E-state index in [1.165, 1.54) is 6.08 Å². The van der Waals surface area contributed by atoms with Gasteiger partial charge in [-0.25, -0.2) is 0 Å². The van der Waals surface area contributed by atoms with Crippen LogP contribution < -0.4 is 5.32 Å². The highest BCUT2D eigenvalue weighted by Crippen LogP contribution is 2.23. The SMILES string of the molecule is C=CC(=O)NC1CC1OC. The van der Waals surface area contributed by atoms with E-state index in [2.05, 4.69) is 11.9 Å². The Bertz CT molecular complexity index is 156. The van der Waals surface area contributed by atoms with Gasteiger partial charge in [0.15, 0.2) is 0 Å². The zero-order valence-electron chi connectivity index (χ0n) is 5.96. The van der Waals surface area contributed by atoms with Gasteiger partial charge in [-0.3, -0.25) is 4.79 Å². The summed E-state index contributed by atoms with van der Waals surface area (Å²) < 4.78 is 4.97. The number of ether oxygens (including phenoxy) is 1. The quantitative estimate of drug-likeness (QED) is 0.565. The lowest BCUT2D eigenvalue weighted by Gasteiger charge is -1.97. The predicted octanol–water partition coefficient (Wildman–Crippen LogP) is 0.0759. The summed E-state index contributed by atoms with van der Waals surface area (Å²) in [5.41, 5.74) is 0. The molecule has 0 radical (unpaired) electrons. The highest BCUT2D eigenvalue weighted by atomic mass is 16.5. The molecular formula is C7H11NO2. The second-order valence-corrected chi connectivity index (χ2v) is 2.33. The number of nitrogens with one attached hydrogen (secondary N) is 1. The van der Waals surface area contributed by atoms with Gasteiger partial charge in [0.25, 0.3) is 0 Å². The van der Waals surface area contributed by atoms with E-state index in [1.54, 1.807) is 7.11 Å². The van der Waals surface area contributed by atoms with Crippen molar-refractivity contribution in [2.45, 2.75) is 18.6 Å². The molecule has 3 nitrogen and oxygen atoms in total. The molecule has 1 amide bonds. The Labute approximate surface area is 60.1 Å². The van der Waals surface area contributed by atoms with Crippen LogP contribution >= 0.6 is 0 Å². The van der Waals surface area contributed by atoms with Crippen molar-refractivity contribution in [3.63, 3.8) is 0 Å². The van der Waals surface area contributed by atoms with Crippen LogP contribution in [-0.2, 0) is 9.53 Å². The highest BCUT2D eigenvalue weighted by molar-refractivity contribution is 5.87. The molecule has 0 aromatic heterocycles. The smallest absolute Gasteiger partial charge is 0.243 e. The molecule has 1 aliphatic rings. The molecule has 0 aromatic rings. The summed E-state index contributed by atoms with van der Waals surface area (Å²) in [5.74, 6) is -0.121. The van der Waals surface area contributed by atoms with Crippen LogP contribution in [0.2, 0.25) is 0 Å². The van der Waals surface area contributed by atoms with Crippen molar-refractivity contribution in [3.8, 4) is 0 Å². The summed E-state index contributed by atoms with van der Waals surface area (Å²) >= 11 is 0. The second-order valence-electron chi connectivity index (χ2n) is 2.33. The van der Waals surface area contributed by atoms with Gasteiger partial charge in [-0.2, -0.15) is 0 Å². The van der Waals surface area contributed by atoms with Crippen LogP contribution in [0.25, 0.3) is 0 Å². The largest absolute Gasteiger partial charge is 0.379 e. The van der Waals surface area contributed by atoms with Gasteiger partial charge in [-0.1, -0.05) is 6.58 Å². The van der Waals surface area contributed by atoms with E-state index in [0.717, 1.165) is 6.42 Å². The van der Waals surface area contributed by atoms with Gasteiger partial charge in [0.05, 0.1) is 12.1 Å². The number of hydrogen-bond donors (Lipinski definition) is 1. The molecule has 0 saturated heterocycles. The molecule has 1 saturated carbocycles. The lowest BCUT2D eigenvalue weighted by molar-refractivity contribution is -0.116. The van der Waals surface area contributed by atoms with Crippen molar-refractivity contribution in [2.75, 3.05) is 7.11 Å². The molecule has 0 heterocycles. The number of hydrogen-bond acceptors (Lipinski definition) is 2. The molecule has 1 rings (SSSR count). The van der Waals surface area contributed by atoms with Gasteiger partial charge < -0.3 is 10.1 Å². The fraction of sp³-hybridized carbons (Fsp3) is 0.571. The van der Waals surface area contributed by atoms with Gasteiger partial charge in [-0.15, -0.1) is 0 Å². The maximum absolute atomic E-state index is 10.6. The van der Waals surface area contributed by atoms with Gasteiger partial charge in [0.1, 0.15) is 0 Å². The van der Waals surface area contributed by atoms with Crippen LogP contribution in [0.15, 0.2) is 12.7 Å². The summed E-state index contributed by atoms with van der Waals surface area (Å²) in [6, 6.07) is 0.218. The summed E-state index contributed by atoms with van der Waals surface area (Å²) in [5, 5.41) is 2.72. The molecular weight excluding hydrogens is 130 g/mol. The molecule has 2 unspecified atom stereocenters.